The molecule has 164 valence electrons. The third-order valence-electron chi connectivity index (χ3n) is 7.42. The molecule has 0 saturated carbocycles. The first-order valence-corrected chi connectivity index (χ1v) is 10.7. The second kappa shape index (κ2) is 7.29. The fourth-order valence-corrected chi connectivity index (χ4v) is 5.29. The van der Waals surface area contributed by atoms with Crippen molar-refractivity contribution in [3.8, 4) is 0 Å². The molecule has 2 aromatic rings. The van der Waals surface area contributed by atoms with Gasteiger partial charge in [-0.1, -0.05) is 20.8 Å². The zero-order valence-corrected chi connectivity index (χ0v) is 17.8. The second-order valence-electron chi connectivity index (χ2n) is 9.78. The number of hydrogen-bond acceptors (Lipinski definition) is 2. The number of nitrogens with two attached hydrogens (primary N) is 1. The van der Waals surface area contributed by atoms with Crippen molar-refractivity contribution < 1.29 is 18.0 Å². The van der Waals surface area contributed by atoms with Gasteiger partial charge in [-0.25, -0.2) is 0 Å². The molecule has 0 spiro atoms. The van der Waals surface area contributed by atoms with E-state index in [9.17, 15) is 18.0 Å². The first-order chi connectivity index (χ1) is 14.0. The summed E-state index contributed by atoms with van der Waals surface area (Å²) in [4.78, 5) is 17.4. The molecule has 0 bridgehead atoms. The van der Waals surface area contributed by atoms with Crippen molar-refractivity contribution >= 4 is 16.8 Å². The van der Waals surface area contributed by atoms with Gasteiger partial charge in [-0.15, -0.1) is 0 Å². The minimum atomic E-state index is -4.34. The molecule has 1 saturated heterocycles. The number of nitrogens with zero attached hydrogens (tertiary/aromatic N) is 1. The molecule has 7 heteroatoms. The van der Waals surface area contributed by atoms with Crippen LogP contribution >= 0.6 is 0 Å². The first-order valence-electron chi connectivity index (χ1n) is 10.7. The second-order valence-corrected chi connectivity index (χ2v) is 9.78. The van der Waals surface area contributed by atoms with Gasteiger partial charge in [0, 0.05) is 28.6 Å². The van der Waals surface area contributed by atoms with Crippen LogP contribution in [0, 0.1) is 17.3 Å². The van der Waals surface area contributed by atoms with E-state index in [-0.39, 0.29) is 11.8 Å². The van der Waals surface area contributed by atoms with Crippen molar-refractivity contribution in [1.29, 1.82) is 0 Å². The number of aromatic nitrogens is 1. The lowest BCUT2D eigenvalue weighted by Gasteiger charge is -2.45. The fourth-order valence-electron chi connectivity index (χ4n) is 5.29. The summed E-state index contributed by atoms with van der Waals surface area (Å²) in [5, 5.41) is 0.706. The molecule has 2 aliphatic rings. The van der Waals surface area contributed by atoms with E-state index in [1.807, 2.05) is 13.8 Å². The third-order valence-corrected chi connectivity index (χ3v) is 7.42. The average Bonchev–Trinajstić information content (AvgIpc) is 3.03. The van der Waals surface area contributed by atoms with Crippen LogP contribution in [0.25, 0.3) is 10.9 Å². The molecule has 1 amide bonds. The number of amides is 1. The zero-order chi connectivity index (χ0) is 21.8. The van der Waals surface area contributed by atoms with Gasteiger partial charge < -0.3 is 15.6 Å². The van der Waals surface area contributed by atoms with Crippen molar-refractivity contribution in [2.24, 2.45) is 23.0 Å². The topological polar surface area (TPSA) is 62.1 Å². The molecular weight excluding hydrogens is 391 g/mol. The van der Waals surface area contributed by atoms with Crippen LogP contribution in [0.1, 0.15) is 56.4 Å². The number of rotatable bonds is 4. The minimum Gasteiger partial charge on any atom is -0.369 e. The lowest BCUT2D eigenvalue weighted by molar-refractivity contribution is -0.137. The van der Waals surface area contributed by atoms with Gasteiger partial charge in [0.1, 0.15) is 0 Å². The standard InChI is InChI=1S/C23H30F3N3O/c1-13-17-12-29(9-7-22(2,3)21(27)30)8-6-14(17)10-19-20(13)16-11-15(23(24,25)26)4-5-18(16)28-19/h4-5,11,13-14,17,28H,6-10,12H2,1-3H3,(H2,27,30)/t13-,14-,17-/m1/s1. The Balaban J connectivity index is 1.58. The summed E-state index contributed by atoms with van der Waals surface area (Å²) in [7, 11) is 0. The van der Waals surface area contributed by atoms with Crippen LogP contribution in [-0.4, -0.2) is 35.4 Å². The Morgan fingerprint density at radius 1 is 1.30 bits per heavy atom. The van der Waals surface area contributed by atoms with Crippen molar-refractivity contribution in [3.05, 3.63) is 35.0 Å². The molecule has 4 nitrogen and oxygen atoms in total. The van der Waals surface area contributed by atoms with E-state index in [4.69, 9.17) is 5.73 Å². The Labute approximate surface area is 175 Å². The lowest BCUT2D eigenvalue weighted by atomic mass is 9.68. The number of H-pyrrole nitrogens is 1. The van der Waals surface area contributed by atoms with Crippen molar-refractivity contribution in [2.75, 3.05) is 19.6 Å². The smallest absolute Gasteiger partial charge is 0.369 e. The van der Waals surface area contributed by atoms with E-state index in [0.717, 1.165) is 55.3 Å². The number of carbonyl (C=O) groups excluding carboxylic acids is 1. The molecule has 1 aromatic carbocycles. The zero-order valence-electron chi connectivity index (χ0n) is 17.8. The highest BCUT2D eigenvalue weighted by molar-refractivity contribution is 5.86. The van der Waals surface area contributed by atoms with Gasteiger partial charge in [0.25, 0.3) is 0 Å². The number of hydrogen-bond donors (Lipinski definition) is 2. The normalized spacial score (nSPS) is 25.2. The number of aromatic amines is 1. The minimum absolute atomic E-state index is 0.183. The molecule has 2 heterocycles. The van der Waals surface area contributed by atoms with Crippen LogP contribution in [0.4, 0.5) is 13.2 Å². The third kappa shape index (κ3) is 3.72. The van der Waals surface area contributed by atoms with Crippen LogP contribution in [0.5, 0.6) is 0 Å². The largest absolute Gasteiger partial charge is 0.416 e. The average molecular weight is 422 g/mol. The number of nitrogens with one attached hydrogen (secondary N) is 1. The molecule has 4 rings (SSSR count). The summed E-state index contributed by atoms with van der Waals surface area (Å²) in [5.74, 6) is 0.829. The van der Waals surface area contributed by atoms with Crippen LogP contribution in [0.3, 0.4) is 0 Å². The van der Waals surface area contributed by atoms with Crippen molar-refractivity contribution in [2.45, 2.75) is 52.1 Å². The summed E-state index contributed by atoms with van der Waals surface area (Å²) >= 11 is 0. The number of fused-ring (bicyclic) bond motifs is 4. The summed E-state index contributed by atoms with van der Waals surface area (Å²) in [6.45, 7) is 8.61. The van der Waals surface area contributed by atoms with Gasteiger partial charge in [0.05, 0.1) is 5.56 Å². The highest BCUT2D eigenvalue weighted by atomic mass is 19.4. The van der Waals surface area contributed by atoms with Crippen LogP contribution in [-0.2, 0) is 17.4 Å². The van der Waals surface area contributed by atoms with E-state index in [1.165, 1.54) is 6.07 Å². The predicted octanol–water partition coefficient (Wildman–Crippen LogP) is 4.69. The van der Waals surface area contributed by atoms with E-state index >= 15 is 0 Å². The molecule has 3 atom stereocenters. The van der Waals surface area contributed by atoms with E-state index < -0.39 is 17.2 Å². The van der Waals surface area contributed by atoms with Gasteiger partial charge in [-0.3, -0.25) is 4.79 Å². The maximum absolute atomic E-state index is 13.3. The number of primary amides is 1. The predicted molar refractivity (Wildman–Crippen MR) is 111 cm³/mol. The molecular formula is C23H30F3N3O. The number of halogens is 3. The van der Waals surface area contributed by atoms with E-state index in [0.29, 0.717) is 23.6 Å². The lowest BCUT2D eigenvalue weighted by Crippen LogP contribution is -2.46. The molecule has 1 aliphatic carbocycles. The van der Waals surface area contributed by atoms with Gasteiger partial charge in [-0.2, -0.15) is 13.2 Å². The van der Waals surface area contributed by atoms with Gasteiger partial charge >= 0.3 is 6.18 Å². The summed E-state index contributed by atoms with van der Waals surface area (Å²) in [5.41, 5.74) is 7.32. The number of carbonyl (C=O) groups is 1. The van der Waals surface area contributed by atoms with Crippen molar-refractivity contribution in [1.82, 2.24) is 9.88 Å². The maximum atomic E-state index is 13.3. The summed E-state index contributed by atoms with van der Waals surface area (Å²) in [6.07, 6.45) is -1.68. The Morgan fingerprint density at radius 2 is 2.03 bits per heavy atom. The molecule has 1 fully saturated rings. The van der Waals surface area contributed by atoms with Gasteiger partial charge in [0.15, 0.2) is 0 Å². The highest BCUT2D eigenvalue weighted by Crippen LogP contribution is 2.47. The number of benzene rings is 1. The first kappa shape index (κ1) is 21.2. The molecule has 1 aliphatic heterocycles. The van der Waals surface area contributed by atoms with Crippen LogP contribution < -0.4 is 5.73 Å². The van der Waals surface area contributed by atoms with E-state index in [1.54, 1.807) is 6.07 Å². The summed E-state index contributed by atoms with van der Waals surface area (Å²) < 4.78 is 39.8. The molecule has 0 unspecified atom stereocenters. The Bertz CT molecular complexity index is 962. The Kier molecular flexibility index (Phi) is 5.16. The molecule has 30 heavy (non-hydrogen) atoms. The monoisotopic (exact) mass is 421 g/mol. The number of alkyl halides is 3. The van der Waals surface area contributed by atoms with Gasteiger partial charge in [0.2, 0.25) is 5.91 Å². The van der Waals surface area contributed by atoms with Crippen LogP contribution in [0.15, 0.2) is 18.2 Å². The Morgan fingerprint density at radius 3 is 2.70 bits per heavy atom. The Hall–Kier alpha value is -2.02. The van der Waals surface area contributed by atoms with Gasteiger partial charge in [-0.05, 0) is 73.9 Å². The van der Waals surface area contributed by atoms with Crippen molar-refractivity contribution in [3.63, 3.8) is 0 Å². The quantitative estimate of drug-likeness (QED) is 0.753. The molecule has 1 aromatic heterocycles. The number of likely N-dealkylation sites (tertiary alicyclic amines) is 1. The molecule has 3 N–H and O–H groups in total. The summed E-state index contributed by atoms with van der Waals surface area (Å²) in [6, 6.07) is 4.02. The number of piperidine rings is 1. The molecule has 0 radical (unpaired) electrons. The SMILES string of the molecule is C[C@H]1c2c([nH]c3ccc(C(F)(F)F)cc23)C[C@H]2CCN(CCC(C)(C)C(N)=O)C[C@@H]21. The van der Waals surface area contributed by atoms with E-state index in [2.05, 4.69) is 16.8 Å². The van der Waals surface area contributed by atoms with Crippen LogP contribution in [0.2, 0.25) is 0 Å². The fraction of sp³-hybridized carbons (Fsp3) is 0.609. The highest BCUT2D eigenvalue weighted by Gasteiger charge is 2.40. The maximum Gasteiger partial charge on any atom is 0.416 e.